The third kappa shape index (κ3) is 4.27. The Morgan fingerprint density at radius 3 is 2.34 bits per heavy atom. The summed E-state index contributed by atoms with van der Waals surface area (Å²) in [5.74, 6) is 0. The molecule has 0 aliphatic rings. The number of hydrogen-bond donors (Lipinski definition) is 0. The highest BCUT2D eigenvalue weighted by atomic mass is 16.3. The predicted octanol–water partition coefficient (Wildman–Crippen LogP) is 9.18. The van der Waals surface area contributed by atoms with Crippen LogP contribution in [0.25, 0.3) is 33.2 Å². The number of fused-ring (bicyclic) bond motifs is 3. The van der Waals surface area contributed by atoms with Crippen LogP contribution in [0, 0.1) is 19.1 Å². The van der Waals surface area contributed by atoms with Crippen molar-refractivity contribution in [3.05, 3.63) is 101 Å². The van der Waals surface area contributed by atoms with Crippen molar-refractivity contribution in [2.45, 2.75) is 60.1 Å². The maximum atomic E-state index is 8.91. The average molecular weight is 470 g/mol. The Bertz CT molecular complexity index is 1820. The zero-order valence-corrected chi connectivity index (χ0v) is 20.8. The van der Waals surface area contributed by atoms with Crippen molar-refractivity contribution in [3.8, 4) is 11.3 Å². The second kappa shape index (κ2) is 8.37. The number of hydrogen-bond acceptors (Lipinski definition) is 2. The maximum Gasteiger partial charge on any atom is 0.145 e. The fourth-order valence-electron chi connectivity index (χ4n) is 4.60. The second-order valence-electron chi connectivity index (χ2n) is 10.7. The Morgan fingerprint density at radius 2 is 1.63 bits per heavy atom. The van der Waals surface area contributed by atoms with Gasteiger partial charge in [-0.2, -0.15) is 0 Å². The lowest BCUT2D eigenvalue weighted by Gasteiger charge is -2.26. The van der Waals surface area contributed by atoms with Crippen LogP contribution in [0.2, 0.25) is 0 Å². The molecule has 5 aromatic rings. The maximum absolute atomic E-state index is 8.91. The van der Waals surface area contributed by atoms with Gasteiger partial charge >= 0.3 is 0 Å². The smallest absolute Gasteiger partial charge is 0.145 e. The molecule has 2 heterocycles. The normalized spacial score (nSPS) is 17.1. The van der Waals surface area contributed by atoms with Gasteiger partial charge in [-0.1, -0.05) is 83.1 Å². The average Bonchev–Trinajstić information content (AvgIpc) is 3.30. The first-order valence-electron chi connectivity index (χ1n) is 15.8. The lowest BCUT2D eigenvalue weighted by atomic mass is 9.78. The van der Waals surface area contributed by atoms with Crippen molar-refractivity contribution in [2.24, 2.45) is 5.41 Å². The lowest BCUT2D eigenvalue weighted by molar-refractivity contribution is 0.410. The molecule has 2 heteroatoms. The molecule has 178 valence electrons. The van der Waals surface area contributed by atoms with Gasteiger partial charge in [0.05, 0.1) is 5.69 Å². The van der Waals surface area contributed by atoms with E-state index in [1.165, 1.54) is 18.3 Å². The number of pyridine rings is 1. The summed E-state index contributed by atoms with van der Waals surface area (Å²) < 4.78 is 73.1. The molecule has 0 atom stereocenters. The zero-order chi connectivity index (χ0) is 31.8. The Balaban J connectivity index is 1.80. The third-order valence-electron chi connectivity index (χ3n) is 6.53. The first kappa shape index (κ1) is 15.6. The Hall–Kier alpha value is -3.39. The van der Waals surface area contributed by atoms with Crippen molar-refractivity contribution in [3.63, 3.8) is 0 Å². The summed E-state index contributed by atoms with van der Waals surface area (Å²) in [5, 5.41) is 1.07. The summed E-state index contributed by atoms with van der Waals surface area (Å²) in [7, 11) is 0. The van der Waals surface area contributed by atoms with Crippen LogP contribution in [0.4, 0.5) is 0 Å². The van der Waals surface area contributed by atoms with E-state index in [-0.39, 0.29) is 22.1 Å². The lowest BCUT2D eigenvalue weighted by Crippen LogP contribution is -2.18. The number of aromatic nitrogens is 1. The monoisotopic (exact) mass is 469 g/mol. The summed E-state index contributed by atoms with van der Waals surface area (Å²) in [5.41, 5.74) is 2.37. The molecule has 5 rings (SSSR count). The van der Waals surface area contributed by atoms with Crippen LogP contribution in [0.5, 0.6) is 0 Å². The predicted molar refractivity (Wildman–Crippen MR) is 148 cm³/mol. The van der Waals surface area contributed by atoms with Gasteiger partial charge in [-0.25, -0.2) is 0 Å². The van der Waals surface area contributed by atoms with Crippen LogP contribution < -0.4 is 0 Å². The van der Waals surface area contributed by atoms with E-state index in [1.807, 2.05) is 36.4 Å². The highest BCUT2D eigenvalue weighted by molar-refractivity contribution is 6.11. The fraction of sp³-hybridized carbons (Fsp3) is 0.303. The molecule has 35 heavy (non-hydrogen) atoms. The second-order valence-corrected chi connectivity index (χ2v) is 10.7. The van der Waals surface area contributed by atoms with E-state index in [2.05, 4.69) is 31.0 Å². The van der Waals surface area contributed by atoms with Gasteiger partial charge in [0.2, 0.25) is 0 Å². The first-order valence-corrected chi connectivity index (χ1v) is 11.8. The standard InChI is InChI=1S/C33H35NO/c1-21-13-15-26(28-17-23(19-32(3,4)5)22(2)20-34-28)31-30(21)27-16-14-25(18-29(27)35-31)33(6,7)24-11-9-8-10-12-24/h8-18,20H,19H2,1-7H3/i1D3,2D3,19D2. The van der Waals surface area contributed by atoms with Gasteiger partial charge in [-0.3, -0.25) is 4.98 Å². The topological polar surface area (TPSA) is 26.0 Å². The minimum absolute atomic E-state index is 0.0149. The van der Waals surface area contributed by atoms with E-state index in [1.54, 1.807) is 26.8 Å². The molecule has 0 spiro atoms. The van der Waals surface area contributed by atoms with Crippen molar-refractivity contribution in [2.75, 3.05) is 0 Å². The molecule has 0 bridgehead atoms. The van der Waals surface area contributed by atoms with Crippen LogP contribution in [0.1, 0.15) is 73.4 Å². The van der Waals surface area contributed by atoms with Gasteiger partial charge in [0, 0.05) is 38.9 Å². The minimum atomic E-state index is -2.58. The highest BCUT2D eigenvalue weighted by Gasteiger charge is 2.25. The first-order chi connectivity index (χ1) is 19.7. The van der Waals surface area contributed by atoms with E-state index in [9.17, 15) is 0 Å². The number of furan rings is 1. The molecule has 0 amide bonds. The molecular weight excluding hydrogens is 426 g/mol. The number of aryl methyl sites for hydroxylation is 2. The molecule has 0 saturated heterocycles. The van der Waals surface area contributed by atoms with Crippen LogP contribution in [0.15, 0.2) is 77.3 Å². The van der Waals surface area contributed by atoms with Crippen molar-refractivity contribution in [1.82, 2.24) is 4.98 Å². The quantitative estimate of drug-likeness (QED) is 0.262. The third-order valence-corrected chi connectivity index (χ3v) is 6.53. The Labute approximate surface area is 220 Å². The summed E-state index contributed by atoms with van der Waals surface area (Å²) in [4.78, 5) is 4.45. The molecule has 0 unspecified atom stereocenters. The van der Waals surface area contributed by atoms with Crippen molar-refractivity contribution >= 4 is 21.9 Å². The summed E-state index contributed by atoms with van der Waals surface area (Å²) >= 11 is 0. The van der Waals surface area contributed by atoms with Gasteiger partial charge in [0.1, 0.15) is 11.2 Å². The van der Waals surface area contributed by atoms with E-state index >= 15 is 0 Å². The van der Waals surface area contributed by atoms with E-state index < -0.39 is 25.5 Å². The number of nitrogens with zero attached hydrogens (tertiary/aromatic N) is 1. The van der Waals surface area contributed by atoms with Crippen molar-refractivity contribution in [1.29, 1.82) is 0 Å². The van der Waals surface area contributed by atoms with Gasteiger partial charge in [-0.15, -0.1) is 0 Å². The van der Waals surface area contributed by atoms with E-state index in [0.717, 1.165) is 11.1 Å². The minimum Gasteiger partial charge on any atom is -0.455 e. The molecule has 3 aromatic carbocycles. The summed E-state index contributed by atoms with van der Waals surface area (Å²) in [6, 6.07) is 20.5. The molecule has 0 radical (unpaired) electrons. The summed E-state index contributed by atoms with van der Waals surface area (Å²) in [6.45, 7) is 4.37. The van der Waals surface area contributed by atoms with Gasteiger partial charge in [0.15, 0.2) is 0 Å². The molecular formula is C33H35NO. The molecule has 0 saturated carbocycles. The van der Waals surface area contributed by atoms with E-state index in [0.29, 0.717) is 33.2 Å². The molecule has 0 aliphatic heterocycles. The van der Waals surface area contributed by atoms with Crippen LogP contribution in [-0.2, 0) is 11.8 Å². The van der Waals surface area contributed by atoms with Gasteiger partial charge < -0.3 is 4.42 Å². The van der Waals surface area contributed by atoms with E-state index in [4.69, 9.17) is 15.4 Å². The highest BCUT2D eigenvalue weighted by Crippen LogP contribution is 2.40. The zero-order valence-electron chi connectivity index (χ0n) is 28.8. The van der Waals surface area contributed by atoms with Crippen LogP contribution in [-0.4, -0.2) is 4.98 Å². The number of benzene rings is 3. The summed E-state index contributed by atoms with van der Waals surface area (Å²) in [6.07, 6.45) is -0.814. The molecule has 2 aromatic heterocycles. The number of rotatable bonds is 4. The molecule has 0 fully saturated rings. The molecule has 0 N–H and O–H groups in total. The Kier molecular flexibility index (Phi) is 3.73. The SMILES string of the molecule is [2H]C([2H])([2H])c1cnc(-c2ccc(C([2H])([2H])[2H])c3c2oc2cc(C(C)(C)c4ccccc4)ccc23)cc1C([2H])([2H])C(C)(C)C. The molecule has 0 aliphatic carbocycles. The fourth-order valence-corrected chi connectivity index (χ4v) is 4.60. The van der Waals surface area contributed by atoms with Crippen LogP contribution >= 0.6 is 0 Å². The Morgan fingerprint density at radius 1 is 0.857 bits per heavy atom. The van der Waals surface area contributed by atoms with Gasteiger partial charge in [-0.05, 0) is 71.5 Å². The van der Waals surface area contributed by atoms with Crippen molar-refractivity contribution < 1.29 is 15.4 Å². The van der Waals surface area contributed by atoms with Gasteiger partial charge in [0.25, 0.3) is 0 Å². The molecule has 2 nitrogen and oxygen atoms in total. The van der Waals surface area contributed by atoms with Crippen LogP contribution in [0.3, 0.4) is 0 Å². The largest absolute Gasteiger partial charge is 0.455 e.